The molecule has 1 aliphatic rings. The Labute approximate surface area is 139 Å². The second-order valence-electron chi connectivity index (χ2n) is 5.96. The number of carbonyl (C=O) groups excluding carboxylic acids is 3. The summed E-state index contributed by atoms with van der Waals surface area (Å²) in [6.45, 7) is 1.46. The van der Waals surface area contributed by atoms with E-state index >= 15 is 0 Å². The number of carbonyl (C=O) groups is 3. The monoisotopic (exact) mass is 337 g/mol. The summed E-state index contributed by atoms with van der Waals surface area (Å²) < 4.78 is 17.8. The average molecular weight is 337 g/mol. The highest BCUT2D eigenvalue weighted by Crippen LogP contribution is 2.18. The number of nitrogens with zero attached hydrogens (tertiary/aromatic N) is 2. The van der Waals surface area contributed by atoms with Gasteiger partial charge in [0.05, 0.1) is 6.61 Å². The minimum absolute atomic E-state index is 0.0215. The summed E-state index contributed by atoms with van der Waals surface area (Å²) in [5.74, 6) is -1.26. The molecular weight excluding hydrogens is 317 g/mol. The van der Waals surface area contributed by atoms with Crippen LogP contribution in [0.15, 0.2) is 24.3 Å². The van der Waals surface area contributed by atoms with E-state index in [4.69, 9.17) is 4.74 Å². The van der Waals surface area contributed by atoms with E-state index in [2.05, 4.69) is 5.32 Å². The molecule has 0 bridgehead atoms. The zero-order valence-electron chi connectivity index (χ0n) is 13.8. The molecule has 130 valence electrons. The number of rotatable bonds is 6. The molecule has 4 amide bonds. The summed E-state index contributed by atoms with van der Waals surface area (Å²) in [4.78, 5) is 38.8. The Hall–Kier alpha value is -2.48. The first-order valence-electron chi connectivity index (χ1n) is 7.38. The van der Waals surface area contributed by atoms with E-state index in [9.17, 15) is 18.8 Å². The van der Waals surface area contributed by atoms with Gasteiger partial charge in [-0.3, -0.25) is 14.5 Å². The molecular formula is C16H20FN3O4. The zero-order chi connectivity index (χ0) is 17.9. The Morgan fingerprint density at radius 1 is 1.33 bits per heavy atom. The van der Waals surface area contributed by atoms with E-state index in [0.717, 1.165) is 10.5 Å². The standard InChI is InChI=1S/C16H20FN3O4/c1-16(10-24-3)14(22)20(15(23)18-16)9-13(21)19(2)8-11-4-6-12(17)7-5-11/h4-7H,8-10H2,1-3H3,(H,18,23). The largest absolute Gasteiger partial charge is 0.382 e. The molecule has 1 unspecified atom stereocenters. The molecule has 0 spiro atoms. The third-order valence-corrected chi connectivity index (χ3v) is 3.83. The lowest BCUT2D eigenvalue weighted by atomic mass is 10.0. The Kier molecular flexibility index (Phi) is 5.18. The summed E-state index contributed by atoms with van der Waals surface area (Å²) in [6.07, 6.45) is 0. The van der Waals surface area contributed by atoms with Crippen LogP contribution in [-0.2, 0) is 20.9 Å². The Morgan fingerprint density at radius 2 is 1.96 bits per heavy atom. The highest BCUT2D eigenvalue weighted by molar-refractivity contribution is 6.08. The molecule has 0 saturated carbocycles. The molecule has 1 aromatic rings. The molecule has 1 N–H and O–H groups in total. The molecule has 0 radical (unpaired) electrons. The topological polar surface area (TPSA) is 79.0 Å². The number of hydrogen-bond donors (Lipinski definition) is 1. The number of urea groups is 1. The molecule has 1 aromatic carbocycles. The van der Waals surface area contributed by atoms with E-state index < -0.39 is 23.4 Å². The molecule has 1 heterocycles. The quantitative estimate of drug-likeness (QED) is 0.777. The lowest BCUT2D eigenvalue weighted by Crippen LogP contribution is -2.48. The van der Waals surface area contributed by atoms with Crippen molar-refractivity contribution in [3.8, 4) is 0 Å². The number of methoxy groups -OCH3 is 1. The molecule has 2 rings (SSSR count). The van der Waals surface area contributed by atoms with Crippen molar-refractivity contribution in [3.05, 3.63) is 35.6 Å². The van der Waals surface area contributed by atoms with Gasteiger partial charge in [0.1, 0.15) is 17.9 Å². The smallest absolute Gasteiger partial charge is 0.325 e. The first kappa shape index (κ1) is 17.9. The Bertz CT molecular complexity index is 649. The van der Waals surface area contributed by atoms with Gasteiger partial charge < -0.3 is 15.0 Å². The summed E-state index contributed by atoms with van der Waals surface area (Å²) in [6, 6.07) is 5.14. The van der Waals surface area contributed by atoms with Gasteiger partial charge >= 0.3 is 6.03 Å². The molecule has 1 fully saturated rings. The summed E-state index contributed by atoms with van der Waals surface area (Å²) in [5, 5.41) is 2.53. The van der Waals surface area contributed by atoms with Crippen molar-refractivity contribution in [1.82, 2.24) is 15.1 Å². The summed E-state index contributed by atoms with van der Waals surface area (Å²) >= 11 is 0. The van der Waals surface area contributed by atoms with Gasteiger partial charge in [-0.1, -0.05) is 12.1 Å². The van der Waals surface area contributed by atoms with Crippen molar-refractivity contribution < 1.29 is 23.5 Å². The first-order chi connectivity index (χ1) is 11.3. The molecule has 1 saturated heterocycles. The van der Waals surface area contributed by atoms with E-state index in [1.54, 1.807) is 26.1 Å². The lowest BCUT2D eigenvalue weighted by Gasteiger charge is -2.22. The highest BCUT2D eigenvalue weighted by atomic mass is 19.1. The molecule has 1 atom stereocenters. The second kappa shape index (κ2) is 6.96. The Morgan fingerprint density at radius 3 is 2.54 bits per heavy atom. The number of ether oxygens (including phenoxy) is 1. The summed E-state index contributed by atoms with van der Waals surface area (Å²) in [7, 11) is 2.98. The van der Waals surface area contributed by atoms with Crippen LogP contribution in [0.3, 0.4) is 0 Å². The molecule has 7 nitrogen and oxygen atoms in total. The van der Waals surface area contributed by atoms with Gasteiger partial charge in [-0.2, -0.15) is 0 Å². The van der Waals surface area contributed by atoms with Crippen LogP contribution in [0.4, 0.5) is 9.18 Å². The van der Waals surface area contributed by atoms with Crippen LogP contribution in [0.25, 0.3) is 0 Å². The van der Waals surface area contributed by atoms with Gasteiger partial charge in [-0.15, -0.1) is 0 Å². The van der Waals surface area contributed by atoms with Crippen molar-refractivity contribution in [3.63, 3.8) is 0 Å². The molecule has 0 aromatic heterocycles. The minimum atomic E-state index is -1.17. The van der Waals surface area contributed by atoms with E-state index in [-0.39, 0.29) is 25.5 Å². The van der Waals surface area contributed by atoms with Gasteiger partial charge in [-0.05, 0) is 24.6 Å². The normalized spacial score (nSPS) is 20.2. The number of hydrogen-bond acceptors (Lipinski definition) is 4. The van der Waals surface area contributed by atoms with Crippen LogP contribution >= 0.6 is 0 Å². The first-order valence-corrected chi connectivity index (χ1v) is 7.38. The number of likely N-dealkylation sites (N-methyl/N-ethyl adjacent to an activating group) is 1. The van der Waals surface area contributed by atoms with E-state index in [1.807, 2.05) is 0 Å². The zero-order valence-corrected chi connectivity index (χ0v) is 13.8. The molecule has 0 aliphatic carbocycles. The van der Waals surface area contributed by atoms with Gasteiger partial charge in [0, 0.05) is 20.7 Å². The van der Waals surface area contributed by atoms with Crippen LogP contribution in [0.5, 0.6) is 0 Å². The lowest BCUT2D eigenvalue weighted by molar-refractivity contribution is -0.139. The number of imide groups is 1. The van der Waals surface area contributed by atoms with E-state index in [1.165, 1.54) is 24.1 Å². The molecule has 24 heavy (non-hydrogen) atoms. The number of benzene rings is 1. The van der Waals surface area contributed by atoms with Crippen LogP contribution in [-0.4, -0.2) is 60.5 Å². The fourth-order valence-electron chi connectivity index (χ4n) is 2.48. The Balaban J connectivity index is 1.99. The number of nitrogens with one attached hydrogen (secondary N) is 1. The van der Waals surface area contributed by atoms with Crippen molar-refractivity contribution in [1.29, 1.82) is 0 Å². The van der Waals surface area contributed by atoms with Crippen LogP contribution in [0.1, 0.15) is 12.5 Å². The number of halogens is 1. The minimum Gasteiger partial charge on any atom is -0.382 e. The second-order valence-corrected chi connectivity index (χ2v) is 5.96. The van der Waals surface area contributed by atoms with Crippen molar-refractivity contribution in [2.45, 2.75) is 19.0 Å². The predicted octanol–water partition coefficient (Wildman–Crippen LogP) is 0.741. The predicted molar refractivity (Wildman–Crippen MR) is 83.4 cm³/mol. The number of amides is 4. The molecule has 1 aliphatic heterocycles. The van der Waals surface area contributed by atoms with Gasteiger partial charge in [0.2, 0.25) is 5.91 Å². The SMILES string of the molecule is COCC1(C)NC(=O)N(CC(=O)N(C)Cc2ccc(F)cc2)C1=O. The van der Waals surface area contributed by atoms with Crippen LogP contribution < -0.4 is 5.32 Å². The fraction of sp³-hybridized carbons (Fsp3) is 0.438. The van der Waals surface area contributed by atoms with Crippen molar-refractivity contribution in [2.75, 3.05) is 27.3 Å². The van der Waals surface area contributed by atoms with Crippen molar-refractivity contribution >= 4 is 17.8 Å². The van der Waals surface area contributed by atoms with Crippen LogP contribution in [0, 0.1) is 5.82 Å². The van der Waals surface area contributed by atoms with Gasteiger partial charge in [0.15, 0.2) is 0 Å². The maximum atomic E-state index is 12.9. The third-order valence-electron chi connectivity index (χ3n) is 3.83. The maximum Gasteiger partial charge on any atom is 0.325 e. The van der Waals surface area contributed by atoms with E-state index in [0.29, 0.717) is 0 Å². The fourth-order valence-corrected chi connectivity index (χ4v) is 2.48. The highest BCUT2D eigenvalue weighted by Gasteiger charge is 2.48. The van der Waals surface area contributed by atoms with Crippen LogP contribution in [0.2, 0.25) is 0 Å². The summed E-state index contributed by atoms with van der Waals surface area (Å²) in [5.41, 5.74) is -0.421. The maximum absolute atomic E-state index is 12.9. The third kappa shape index (κ3) is 3.70. The van der Waals surface area contributed by atoms with Gasteiger partial charge in [0.25, 0.3) is 5.91 Å². The van der Waals surface area contributed by atoms with Crippen molar-refractivity contribution in [2.24, 2.45) is 0 Å². The molecule has 8 heteroatoms. The average Bonchev–Trinajstić information content (AvgIpc) is 2.73. The van der Waals surface area contributed by atoms with Gasteiger partial charge in [-0.25, -0.2) is 9.18 Å².